The maximum Gasteiger partial charge on any atom is 0.162 e. The predicted molar refractivity (Wildman–Crippen MR) is 89.8 cm³/mol. The fourth-order valence-electron chi connectivity index (χ4n) is 2.79. The number of hydrogen-bond donors (Lipinski definition) is 1. The first-order valence-electron chi connectivity index (χ1n) is 7.54. The van der Waals surface area contributed by atoms with E-state index in [1.165, 1.54) is 16.7 Å². The van der Waals surface area contributed by atoms with Crippen LogP contribution in [0.1, 0.15) is 36.2 Å². The Labute approximate surface area is 127 Å². The van der Waals surface area contributed by atoms with Gasteiger partial charge in [0.1, 0.15) is 5.82 Å². The van der Waals surface area contributed by atoms with Gasteiger partial charge in [0.25, 0.3) is 0 Å². The number of nitrogens with zero attached hydrogens (tertiary/aromatic N) is 2. The molecule has 1 aromatic heterocycles. The van der Waals surface area contributed by atoms with Crippen molar-refractivity contribution >= 4 is 5.82 Å². The highest BCUT2D eigenvalue weighted by molar-refractivity contribution is 5.66. The first-order valence-corrected chi connectivity index (χ1v) is 7.54. The molecule has 3 heteroatoms. The molecule has 0 saturated heterocycles. The van der Waals surface area contributed by atoms with Gasteiger partial charge in [-0.25, -0.2) is 9.97 Å². The number of aryl methyl sites for hydroxylation is 3. The van der Waals surface area contributed by atoms with Crippen LogP contribution in [0.15, 0.2) is 18.2 Å². The van der Waals surface area contributed by atoms with Crippen molar-refractivity contribution in [3.63, 3.8) is 0 Å². The summed E-state index contributed by atoms with van der Waals surface area (Å²) >= 11 is 0. The molecule has 2 rings (SSSR count). The minimum Gasteiger partial charge on any atom is -0.373 e. The molecule has 0 radical (unpaired) electrons. The molecule has 0 amide bonds. The van der Waals surface area contributed by atoms with Crippen LogP contribution in [0.25, 0.3) is 11.4 Å². The Balaban J connectivity index is 2.58. The molecule has 0 spiro atoms. The molecule has 0 fully saturated rings. The van der Waals surface area contributed by atoms with Crippen LogP contribution >= 0.6 is 0 Å². The molecule has 0 aliphatic rings. The minimum absolute atomic E-state index is 0.581. The van der Waals surface area contributed by atoms with Crippen molar-refractivity contribution in [1.82, 2.24) is 9.97 Å². The quantitative estimate of drug-likeness (QED) is 0.908. The van der Waals surface area contributed by atoms with Crippen molar-refractivity contribution in [3.05, 3.63) is 40.6 Å². The summed E-state index contributed by atoms with van der Waals surface area (Å²) in [6.45, 7) is 10.8. The number of benzene rings is 1. The van der Waals surface area contributed by atoms with Crippen molar-refractivity contribution in [2.24, 2.45) is 5.92 Å². The molecule has 1 aromatic carbocycles. The van der Waals surface area contributed by atoms with Gasteiger partial charge in [-0.1, -0.05) is 31.5 Å². The van der Waals surface area contributed by atoms with Crippen molar-refractivity contribution < 1.29 is 0 Å². The SMILES string of the molecule is CNc1cc(CC(C)C)nc(-c2c(C)cc(C)cc2C)n1. The summed E-state index contributed by atoms with van der Waals surface area (Å²) in [6, 6.07) is 6.43. The Kier molecular flexibility index (Phi) is 4.61. The van der Waals surface area contributed by atoms with E-state index in [-0.39, 0.29) is 0 Å². The van der Waals surface area contributed by atoms with Gasteiger partial charge in [-0.05, 0) is 44.2 Å². The maximum absolute atomic E-state index is 4.79. The van der Waals surface area contributed by atoms with Gasteiger partial charge in [0.2, 0.25) is 0 Å². The number of anilines is 1. The molecule has 0 saturated carbocycles. The second-order valence-electron chi connectivity index (χ2n) is 6.19. The number of nitrogens with one attached hydrogen (secondary N) is 1. The van der Waals surface area contributed by atoms with Crippen LogP contribution in [-0.4, -0.2) is 17.0 Å². The van der Waals surface area contributed by atoms with E-state index in [0.717, 1.165) is 29.3 Å². The third-order valence-corrected chi connectivity index (χ3v) is 3.55. The van der Waals surface area contributed by atoms with E-state index in [9.17, 15) is 0 Å². The number of aromatic nitrogens is 2. The molecule has 21 heavy (non-hydrogen) atoms. The first kappa shape index (κ1) is 15.5. The molecule has 0 bridgehead atoms. The molecule has 1 heterocycles. The highest BCUT2D eigenvalue weighted by Gasteiger charge is 2.12. The lowest BCUT2D eigenvalue weighted by Gasteiger charge is -2.13. The fourth-order valence-corrected chi connectivity index (χ4v) is 2.79. The number of hydrogen-bond acceptors (Lipinski definition) is 3. The molecule has 0 unspecified atom stereocenters. The second-order valence-corrected chi connectivity index (χ2v) is 6.19. The molecule has 0 atom stereocenters. The Morgan fingerprint density at radius 1 is 1.00 bits per heavy atom. The standard InChI is InChI=1S/C18H25N3/c1-11(2)7-15-10-16(19-6)21-18(20-15)17-13(4)8-12(3)9-14(17)5/h8-11H,7H2,1-6H3,(H,19,20,21). The molecule has 0 aliphatic carbocycles. The van der Waals surface area contributed by atoms with Crippen molar-refractivity contribution in [3.8, 4) is 11.4 Å². The third-order valence-electron chi connectivity index (χ3n) is 3.55. The Morgan fingerprint density at radius 3 is 2.14 bits per heavy atom. The summed E-state index contributed by atoms with van der Waals surface area (Å²) in [5, 5.41) is 3.15. The zero-order chi connectivity index (χ0) is 15.6. The van der Waals surface area contributed by atoms with Gasteiger partial charge in [0.05, 0.1) is 0 Å². The first-order chi connectivity index (χ1) is 9.90. The molecule has 1 N–H and O–H groups in total. The van der Waals surface area contributed by atoms with Crippen LogP contribution in [-0.2, 0) is 6.42 Å². The van der Waals surface area contributed by atoms with Gasteiger partial charge < -0.3 is 5.32 Å². The topological polar surface area (TPSA) is 37.8 Å². The highest BCUT2D eigenvalue weighted by atomic mass is 15.0. The lowest BCUT2D eigenvalue weighted by Crippen LogP contribution is -2.05. The summed E-state index contributed by atoms with van der Waals surface area (Å²) in [5.74, 6) is 2.29. The van der Waals surface area contributed by atoms with E-state index < -0.39 is 0 Å². The van der Waals surface area contributed by atoms with Crippen molar-refractivity contribution in [2.45, 2.75) is 41.0 Å². The molecule has 3 nitrogen and oxygen atoms in total. The van der Waals surface area contributed by atoms with E-state index >= 15 is 0 Å². The Bertz CT molecular complexity index is 622. The average molecular weight is 283 g/mol. The van der Waals surface area contributed by atoms with Gasteiger partial charge in [0.15, 0.2) is 5.82 Å². The van der Waals surface area contributed by atoms with Gasteiger partial charge in [-0.15, -0.1) is 0 Å². The molecule has 112 valence electrons. The largest absolute Gasteiger partial charge is 0.373 e. The van der Waals surface area contributed by atoms with Crippen molar-refractivity contribution in [2.75, 3.05) is 12.4 Å². The fraction of sp³-hybridized carbons (Fsp3) is 0.444. The summed E-state index contributed by atoms with van der Waals surface area (Å²) in [5.41, 5.74) is 6.00. The maximum atomic E-state index is 4.79. The van der Waals surface area contributed by atoms with E-state index in [2.05, 4.69) is 57.1 Å². The van der Waals surface area contributed by atoms with E-state index in [1.807, 2.05) is 13.1 Å². The highest BCUT2D eigenvalue weighted by Crippen LogP contribution is 2.27. The smallest absolute Gasteiger partial charge is 0.162 e. The zero-order valence-electron chi connectivity index (χ0n) is 13.9. The van der Waals surface area contributed by atoms with Crippen LogP contribution < -0.4 is 5.32 Å². The van der Waals surface area contributed by atoms with Crippen LogP contribution in [0.3, 0.4) is 0 Å². The summed E-state index contributed by atoms with van der Waals surface area (Å²) in [7, 11) is 1.90. The second kappa shape index (κ2) is 6.25. The summed E-state index contributed by atoms with van der Waals surface area (Å²) in [4.78, 5) is 9.45. The van der Waals surface area contributed by atoms with E-state index in [1.54, 1.807) is 0 Å². The normalized spacial score (nSPS) is 11.0. The van der Waals surface area contributed by atoms with Crippen molar-refractivity contribution in [1.29, 1.82) is 0 Å². The average Bonchev–Trinajstić information content (AvgIpc) is 2.36. The Morgan fingerprint density at radius 2 is 1.62 bits per heavy atom. The lowest BCUT2D eigenvalue weighted by atomic mass is 9.99. The predicted octanol–water partition coefficient (Wildman–Crippen LogP) is 4.31. The summed E-state index contributed by atoms with van der Waals surface area (Å²) in [6.07, 6.45) is 0.966. The number of rotatable bonds is 4. The van der Waals surface area contributed by atoms with Gasteiger partial charge in [0, 0.05) is 24.4 Å². The van der Waals surface area contributed by atoms with Crippen LogP contribution in [0.4, 0.5) is 5.82 Å². The van der Waals surface area contributed by atoms with Crippen LogP contribution in [0.5, 0.6) is 0 Å². The van der Waals surface area contributed by atoms with Crippen LogP contribution in [0.2, 0.25) is 0 Å². The van der Waals surface area contributed by atoms with Gasteiger partial charge in [-0.3, -0.25) is 0 Å². The Hall–Kier alpha value is -1.90. The zero-order valence-corrected chi connectivity index (χ0v) is 13.9. The molecular weight excluding hydrogens is 258 g/mol. The molecule has 0 aliphatic heterocycles. The van der Waals surface area contributed by atoms with E-state index in [4.69, 9.17) is 4.98 Å². The van der Waals surface area contributed by atoms with Crippen LogP contribution in [0, 0.1) is 26.7 Å². The molecule has 2 aromatic rings. The third kappa shape index (κ3) is 3.60. The lowest BCUT2D eigenvalue weighted by molar-refractivity contribution is 0.635. The van der Waals surface area contributed by atoms with Gasteiger partial charge in [-0.2, -0.15) is 0 Å². The monoisotopic (exact) mass is 283 g/mol. The minimum atomic E-state index is 0.581. The van der Waals surface area contributed by atoms with Gasteiger partial charge >= 0.3 is 0 Å². The van der Waals surface area contributed by atoms with E-state index in [0.29, 0.717) is 5.92 Å². The summed E-state index contributed by atoms with van der Waals surface area (Å²) < 4.78 is 0. The molecular formula is C18H25N3.